The van der Waals surface area contributed by atoms with Gasteiger partial charge in [0.2, 0.25) is 0 Å². The first-order valence-electron chi connectivity index (χ1n) is 13.8. The minimum absolute atomic E-state index is 0.197. The molecule has 0 aromatic heterocycles. The smallest absolute Gasteiger partial charge is 0.191 e. The summed E-state index contributed by atoms with van der Waals surface area (Å²) in [6, 6.07) is 1.56. The molecule has 3 aliphatic carbocycles. The summed E-state index contributed by atoms with van der Waals surface area (Å²) in [5.74, 6) is 2.91. The Bertz CT molecular complexity index is 801. The maximum absolute atomic E-state index is 15.0. The quantitative estimate of drug-likeness (QED) is 0.265. The van der Waals surface area contributed by atoms with Gasteiger partial charge in [-0.1, -0.05) is 57.6 Å². The number of unbranched alkanes of at least 4 members (excludes halogenated alkanes) is 3. The molecular formula is C30H44F2O. The predicted molar refractivity (Wildman–Crippen MR) is 133 cm³/mol. The summed E-state index contributed by atoms with van der Waals surface area (Å²) in [5, 5.41) is 0. The normalized spacial score (nSPS) is 29.6. The second-order valence-electron chi connectivity index (χ2n) is 11.1. The fraction of sp³-hybridized carbons (Fsp3) is 0.733. The van der Waals surface area contributed by atoms with Gasteiger partial charge in [0.05, 0.1) is 0 Å². The van der Waals surface area contributed by atoms with Crippen molar-refractivity contribution in [2.75, 3.05) is 6.61 Å². The predicted octanol–water partition coefficient (Wildman–Crippen LogP) is 8.83. The molecule has 3 heteroatoms. The molecule has 0 saturated heterocycles. The van der Waals surface area contributed by atoms with E-state index in [4.69, 9.17) is 4.74 Å². The summed E-state index contributed by atoms with van der Waals surface area (Å²) in [4.78, 5) is 0. The van der Waals surface area contributed by atoms with Crippen LogP contribution in [0.4, 0.5) is 8.78 Å². The maximum atomic E-state index is 15.0. The van der Waals surface area contributed by atoms with Gasteiger partial charge < -0.3 is 4.74 Å². The first-order chi connectivity index (χ1) is 16.1. The van der Waals surface area contributed by atoms with Crippen molar-refractivity contribution < 1.29 is 13.5 Å². The summed E-state index contributed by atoms with van der Waals surface area (Å²) < 4.78 is 35.0. The van der Waals surface area contributed by atoms with Gasteiger partial charge in [0.1, 0.15) is 6.61 Å². The van der Waals surface area contributed by atoms with E-state index >= 15 is 4.39 Å². The molecule has 184 valence electrons. The van der Waals surface area contributed by atoms with Crippen LogP contribution >= 0.6 is 0 Å². The third kappa shape index (κ3) is 6.01. The highest BCUT2D eigenvalue weighted by atomic mass is 19.1. The molecule has 5 unspecified atom stereocenters. The highest BCUT2D eigenvalue weighted by molar-refractivity contribution is 5.41. The van der Waals surface area contributed by atoms with Gasteiger partial charge in [0.25, 0.3) is 0 Å². The molecule has 1 nitrogen and oxygen atoms in total. The van der Waals surface area contributed by atoms with Crippen LogP contribution in [0, 0.1) is 41.2 Å². The molecule has 2 fully saturated rings. The molecule has 1 aromatic carbocycles. The molecule has 1 aromatic rings. The van der Waals surface area contributed by atoms with Crippen LogP contribution in [0.3, 0.4) is 0 Å². The summed E-state index contributed by atoms with van der Waals surface area (Å²) in [6.45, 7) is 4.37. The minimum Gasteiger partial charge on any atom is -0.483 e. The number of ether oxygens (including phenoxy) is 1. The van der Waals surface area contributed by atoms with E-state index < -0.39 is 11.6 Å². The Morgan fingerprint density at radius 2 is 1.70 bits per heavy atom. The van der Waals surface area contributed by atoms with Gasteiger partial charge in [-0.3, -0.25) is 0 Å². The highest BCUT2D eigenvalue weighted by Crippen LogP contribution is 2.49. The average Bonchev–Trinajstić information content (AvgIpc) is 2.83. The van der Waals surface area contributed by atoms with Gasteiger partial charge >= 0.3 is 0 Å². The third-order valence-corrected chi connectivity index (χ3v) is 9.07. The molecule has 0 aliphatic heterocycles. The summed E-state index contributed by atoms with van der Waals surface area (Å²) in [5.41, 5.74) is 1.58. The van der Waals surface area contributed by atoms with Crippen molar-refractivity contribution in [3.63, 3.8) is 0 Å². The van der Waals surface area contributed by atoms with Crippen molar-refractivity contribution >= 4 is 0 Å². The van der Waals surface area contributed by atoms with Gasteiger partial charge in [-0.2, -0.15) is 0 Å². The second-order valence-corrected chi connectivity index (χ2v) is 11.1. The lowest BCUT2D eigenvalue weighted by Crippen LogP contribution is -2.35. The summed E-state index contributed by atoms with van der Waals surface area (Å²) in [7, 11) is 0. The summed E-state index contributed by atoms with van der Waals surface area (Å²) >= 11 is 0. The lowest BCUT2D eigenvalue weighted by atomic mass is 9.61. The number of hydrogen-bond acceptors (Lipinski definition) is 1. The molecule has 2 saturated carbocycles. The molecular weight excluding hydrogens is 414 g/mol. The van der Waals surface area contributed by atoms with E-state index in [-0.39, 0.29) is 12.4 Å². The SMILES string of the molecule is C/C=C/COc1c(F)cc2c(c1F)CCC(C1CCC3CC(CCCCCC)CCC3C1)C2. The van der Waals surface area contributed by atoms with Crippen LogP contribution in [0.1, 0.15) is 102 Å². The molecule has 0 radical (unpaired) electrons. The molecule has 0 bridgehead atoms. The topological polar surface area (TPSA) is 9.23 Å². The Hall–Kier alpha value is -1.38. The molecule has 4 rings (SSSR count). The zero-order chi connectivity index (χ0) is 23.2. The van der Waals surface area contributed by atoms with Crippen molar-refractivity contribution in [2.24, 2.45) is 29.6 Å². The lowest BCUT2D eigenvalue weighted by molar-refractivity contribution is 0.0688. The van der Waals surface area contributed by atoms with Crippen molar-refractivity contribution in [1.82, 2.24) is 0 Å². The third-order valence-electron chi connectivity index (χ3n) is 9.07. The van der Waals surface area contributed by atoms with E-state index in [1.54, 1.807) is 12.1 Å². The molecule has 5 atom stereocenters. The second kappa shape index (κ2) is 11.8. The van der Waals surface area contributed by atoms with Crippen molar-refractivity contribution in [1.29, 1.82) is 0 Å². The molecule has 0 spiro atoms. The van der Waals surface area contributed by atoms with Crippen LogP contribution in [-0.4, -0.2) is 6.61 Å². The minimum atomic E-state index is -0.544. The monoisotopic (exact) mass is 458 g/mol. The number of benzene rings is 1. The van der Waals surface area contributed by atoms with Gasteiger partial charge in [-0.15, -0.1) is 0 Å². The molecule has 0 amide bonds. The number of halogens is 2. The van der Waals surface area contributed by atoms with E-state index in [0.717, 1.165) is 48.5 Å². The fourth-order valence-corrected chi connectivity index (χ4v) is 7.19. The van der Waals surface area contributed by atoms with E-state index in [9.17, 15) is 4.39 Å². The van der Waals surface area contributed by atoms with Crippen molar-refractivity contribution in [3.8, 4) is 5.75 Å². The van der Waals surface area contributed by atoms with Crippen molar-refractivity contribution in [3.05, 3.63) is 41.0 Å². The zero-order valence-corrected chi connectivity index (χ0v) is 20.9. The lowest BCUT2D eigenvalue weighted by Gasteiger charge is -2.45. The molecule has 33 heavy (non-hydrogen) atoms. The van der Waals surface area contributed by atoms with Crippen LogP contribution in [0.15, 0.2) is 18.2 Å². The largest absolute Gasteiger partial charge is 0.483 e. The maximum Gasteiger partial charge on any atom is 0.191 e. The zero-order valence-electron chi connectivity index (χ0n) is 20.9. The molecule has 0 heterocycles. The number of rotatable bonds is 9. The number of fused-ring (bicyclic) bond motifs is 2. The van der Waals surface area contributed by atoms with Crippen LogP contribution in [0.25, 0.3) is 0 Å². The van der Waals surface area contributed by atoms with Gasteiger partial charge in [-0.05, 0) is 105 Å². The van der Waals surface area contributed by atoms with Gasteiger partial charge in [0.15, 0.2) is 17.4 Å². The van der Waals surface area contributed by atoms with Gasteiger partial charge in [0, 0.05) is 0 Å². The van der Waals surface area contributed by atoms with E-state index in [1.165, 1.54) is 70.6 Å². The highest BCUT2D eigenvalue weighted by Gasteiger charge is 2.39. The number of allylic oxidation sites excluding steroid dienone is 1. The van der Waals surface area contributed by atoms with E-state index in [2.05, 4.69) is 6.92 Å². The standard InChI is InChI=1S/C30H44F2O/c1-3-5-7-8-9-21-10-11-23-18-24(13-12-22(23)17-21)25-14-15-27-26(19-25)20-28(31)30(29(27)32)33-16-6-4-2/h4,6,20-25H,3,5,7-19H2,1-2H3/b6-4+. The fourth-order valence-electron chi connectivity index (χ4n) is 7.19. The Morgan fingerprint density at radius 3 is 2.48 bits per heavy atom. The van der Waals surface area contributed by atoms with Crippen LogP contribution in [-0.2, 0) is 12.8 Å². The Balaban J connectivity index is 1.32. The van der Waals surface area contributed by atoms with Crippen LogP contribution in [0.2, 0.25) is 0 Å². The van der Waals surface area contributed by atoms with Crippen LogP contribution < -0.4 is 4.74 Å². The Morgan fingerprint density at radius 1 is 0.939 bits per heavy atom. The Labute approximate surface area is 200 Å². The van der Waals surface area contributed by atoms with E-state index in [1.807, 2.05) is 13.0 Å². The van der Waals surface area contributed by atoms with Crippen LogP contribution in [0.5, 0.6) is 5.75 Å². The Kier molecular flexibility index (Phi) is 8.88. The van der Waals surface area contributed by atoms with Crippen molar-refractivity contribution in [2.45, 2.75) is 104 Å². The first kappa shape index (κ1) is 24.7. The summed E-state index contributed by atoms with van der Waals surface area (Å²) in [6.07, 6.45) is 21.5. The number of hydrogen-bond donors (Lipinski definition) is 0. The molecule has 0 N–H and O–H groups in total. The first-order valence-corrected chi connectivity index (χ1v) is 13.8. The van der Waals surface area contributed by atoms with Gasteiger partial charge in [-0.25, -0.2) is 8.78 Å². The molecule has 3 aliphatic rings. The van der Waals surface area contributed by atoms with E-state index in [0.29, 0.717) is 11.5 Å². The average molecular weight is 459 g/mol.